The lowest BCUT2D eigenvalue weighted by atomic mass is 9.98. The van der Waals surface area contributed by atoms with Crippen LogP contribution in [0.2, 0.25) is 0 Å². The number of aromatic nitrogens is 2. The molecule has 0 bridgehead atoms. The van der Waals surface area contributed by atoms with Crippen LogP contribution in [0.1, 0.15) is 86.8 Å². The first-order chi connectivity index (χ1) is 39.7. The first-order valence-electron chi connectivity index (χ1n) is 27.1. The summed E-state index contributed by atoms with van der Waals surface area (Å²) in [4.78, 5) is 91.6. The number of fused-ring (bicyclic) bond motifs is 8. The van der Waals surface area contributed by atoms with Crippen LogP contribution in [-0.4, -0.2) is 107 Å². The molecule has 18 nitrogen and oxygen atoms in total. The van der Waals surface area contributed by atoms with Gasteiger partial charge in [-0.05, 0) is 109 Å². The first-order valence-corrected chi connectivity index (χ1v) is 27.1. The third-order valence-corrected chi connectivity index (χ3v) is 13.8. The fraction of sp³-hybridized carbons (Fsp3) is 0.277. The number of carboxylic acids is 1. The summed E-state index contributed by atoms with van der Waals surface area (Å²) < 4.78 is 33.7. The number of carbonyl (C=O) groups is 7. The summed E-state index contributed by atoms with van der Waals surface area (Å²) >= 11 is 0. The van der Waals surface area contributed by atoms with Gasteiger partial charge >= 0.3 is 42.2 Å². The number of aromatic amines is 1. The van der Waals surface area contributed by atoms with Crippen LogP contribution in [0.15, 0.2) is 158 Å². The molecule has 0 saturated heterocycles. The van der Waals surface area contributed by atoms with Gasteiger partial charge in [-0.25, -0.2) is 33.6 Å². The van der Waals surface area contributed by atoms with Crippen LogP contribution in [0.5, 0.6) is 0 Å². The number of benzene rings is 6. The van der Waals surface area contributed by atoms with Crippen molar-refractivity contribution >= 4 is 64.0 Å². The monoisotopic (exact) mass is 1120 g/mol. The molecule has 0 aliphatic heterocycles. The Hall–Kier alpha value is -9.71. The number of hydrogen-bond donors (Lipinski definition) is 4. The van der Waals surface area contributed by atoms with E-state index < -0.39 is 78.7 Å². The van der Waals surface area contributed by atoms with Crippen molar-refractivity contribution < 1.29 is 67.1 Å². The molecule has 2 aliphatic rings. The van der Waals surface area contributed by atoms with Gasteiger partial charge in [-0.1, -0.05) is 133 Å². The Morgan fingerprint density at radius 3 is 1.42 bits per heavy atom. The standard InChI is InChI=1S/C37H40N2O8.C28H24N2O6/c1-36(2,3)46-32(40)22-44-33(41)30(19-23-20-39(35(43)47-37(4,5)6)31-18-12-11-13-24(23)31)38-34(42)45-21-29-27-16-9-7-14-25(27)26-15-8-10-17-28(26)29;31-26(32)16-35-27(33)25(13-17-14-29-24-12-6-5-7-18(17)24)30-28(34)36-15-23-21-10-3-1-8-19(21)20-9-2-4-11-22(20)23/h7-18,20,29-30H,19,21-22H2,1-6H3,(H,38,42);1-12,14,23,25,29H,13,15-16H2,(H,30,34)(H,31,32)/t30-;25-/m00/s1. The van der Waals surface area contributed by atoms with E-state index >= 15 is 0 Å². The number of carboxylic acid groups (broad SMARTS) is 1. The second-order valence-corrected chi connectivity index (χ2v) is 22.0. The van der Waals surface area contributed by atoms with Crippen molar-refractivity contribution in [2.75, 3.05) is 26.4 Å². The summed E-state index contributed by atoms with van der Waals surface area (Å²) in [6.07, 6.45) is 1.16. The molecule has 0 radical (unpaired) electrons. The van der Waals surface area contributed by atoms with E-state index in [1.807, 2.05) is 127 Å². The normalized spacial score (nSPS) is 13.2. The number of aliphatic carboxylic acids is 1. The van der Waals surface area contributed by atoms with Crippen molar-refractivity contribution in [2.45, 2.75) is 89.5 Å². The molecule has 2 amide bonds. The largest absolute Gasteiger partial charge is 0.479 e. The Morgan fingerprint density at radius 1 is 0.518 bits per heavy atom. The second kappa shape index (κ2) is 25.0. The maximum absolute atomic E-state index is 13.4. The number of rotatable bonds is 16. The van der Waals surface area contributed by atoms with Crippen LogP contribution in [-0.2, 0) is 60.4 Å². The third-order valence-electron chi connectivity index (χ3n) is 13.8. The molecule has 6 aromatic carbocycles. The van der Waals surface area contributed by atoms with Crippen LogP contribution in [0.25, 0.3) is 44.1 Å². The molecule has 2 aromatic heterocycles. The smallest absolute Gasteiger partial charge is 0.419 e. The second-order valence-electron chi connectivity index (χ2n) is 22.0. The molecule has 428 valence electrons. The zero-order valence-corrected chi connectivity index (χ0v) is 46.8. The lowest BCUT2D eigenvalue weighted by Gasteiger charge is -2.21. The van der Waals surface area contributed by atoms with E-state index in [2.05, 4.69) is 15.6 Å². The number of carbonyl (C=O) groups excluding carboxylic acids is 6. The minimum Gasteiger partial charge on any atom is -0.479 e. The Labute approximate surface area is 479 Å². The number of para-hydroxylation sites is 2. The number of nitrogens with one attached hydrogen (secondary N) is 3. The Balaban J connectivity index is 0.000000206. The fourth-order valence-electron chi connectivity index (χ4n) is 10.4. The molecule has 18 heteroatoms. The van der Waals surface area contributed by atoms with Crippen molar-refractivity contribution in [2.24, 2.45) is 0 Å². The van der Waals surface area contributed by atoms with Gasteiger partial charge in [-0.15, -0.1) is 0 Å². The maximum Gasteiger partial charge on any atom is 0.419 e. The molecule has 0 unspecified atom stereocenters. The molecule has 4 N–H and O–H groups in total. The summed E-state index contributed by atoms with van der Waals surface area (Å²) in [5, 5.41) is 15.7. The van der Waals surface area contributed by atoms with E-state index in [-0.39, 0.29) is 37.9 Å². The molecule has 0 fully saturated rings. The average Bonchev–Trinajstić information content (AvgIpc) is 3.95. The molecule has 83 heavy (non-hydrogen) atoms. The molecular formula is C65H64N4O14. The van der Waals surface area contributed by atoms with Gasteiger partial charge < -0.3 is 49.1 Å². The summed E-state index contributed by atoms with van der Waals surface area (Å²) in [6.45, 7) is 9.11. The van der Waals surface area contributed by atoms with Crippen molar-refractivity contribution in [1.82, 2.24) is 20.2 Å². The zero-order valence-electron chi connectivity index (χ0n) is 46.8. The molecule has 2 atom stereocenters. The molecule has 2 heterocycles. The highest BCUT2D eigenvalue weighted by Crippen LogP contribution is 2.46. The minimum absolute atomic E-state index is 0.0392. The van der Waals surface area contributed by atoms with Gasteiger partial charge in [-0.3, -0.25) is 4.57 Å². The Kier molecular flexibility index (Phi) is 17.4. The topological polar surface area (TPSA) is 240 Å². The van der Waals surface area contributed by atoms with E-state index in [0.29, 0.717) is 16.5 Å². The van der Waals surface area contributed by atoms with Crippen molar-refractivity contribution in [1.29, 1.82) is 0 Å². The predicted octanol–water partition coefficient (Wildman–Crippen LogP) is 11.0. The van der Waals surface area contributed by atoms with Crippen LogP contribution < -0.4 is 10.6 Å². The number of ether oxygens (including phenoxy) is 6. The molecule has 0 saturated carbocycles. The van der Waals surface area contributed by atoms with E-state index in [1.54, 1.807) is 72.1 Å². The van der Waals surface area contributed by atoms with Crippen molar-refractivity contribution in [3.63, 3.8) is 0 Å². The molecular weight excluding hydrogens is 1060 g/mol. The van der Waals surface area contributed by atoms with Gasteiger partial charge in [0.2, 0.25) is 0 Å². The molecule has 10 rings (SSSR count). The van der Waals surface area contributed by atoms with E-state index in [9.17, 15) is 33.6 Å². The van der Waals surface area contributed by atoms with E-state index in [4.69, 9.17) is 33.5 Å². The van der Waals surface area contributed by atoms with Gasteiger partial charge in [0.15, 0.2) is 13.2 Å². The van der Waals surface area contributed by atoms with Gasteiger partial charge in [-0.2, -0.15) is 0 Å². The zero-order chi connectivity index (χ0) is 59.0. The average molecular weight is 1130 g/mol. The van der Waals surface area contributed by atoms with Crippen molar-refractivity contribution in [3.8, 4) is 22.3 Å². The van der Waals surface area contributed by atoms with Crippen molar-refractivity contribution in [3.05, 3.63) is 191 Å². The summed E-state index contributed by atoms with van der Waals surface area (Å²) in [5.41, 5.74) is 9.92. The first kappa shape index (κ1) is 58.0. The maximum atomic E-state index is 13.4. The molecule has 8 aromatic rings. The lowest BCUT2D eigenvalue weighted by Crippen LogP contribution is -2.44. The highest BCUT2D eigenvalue weighted by atomic mass is 16.6. The summed E-state index contributed by atoms with van der Waals surface area (Å²) in [6, 6.07) is 44.3. The number of amides is 2. The lowest BCUT2D eigenvalue weighted by molar-refractivity contribution is -0.167. The third kappa shape index (κ3) is 14.1. The van der Waals surface area contributed by atoms with Crippen LogP contribution in [0.4, 0.5) is 14.4 Å². The number of H-pyrrole nitrogens is 1. The highest BCUT2D eigenvalue weighted by Gasteiger charge is 2.34. The number of nitrogens with zero attached hydrogens (tertiary/aromatic N) is 1. The van der Waals surface area contributed by atoms with E-state index in [0.717, 1.165) is 61.0 Å². The van der Waals surface area contributed by atoms with Crippen LogP contribution >= 0.6 is 0 Å². The fourth-order valence-corrected chi connectivity index (χ4v) is 10.4. The van der Waals surface area contributed by atoms with Crippen LogP contribution in [0.3, 0.4) is 0 Å². The molecule has 2 aliphatic carbocycles. The summed E-state index contributed by atoms with van der Waals surface area (Å²) in [5.74, 6) is -4.04. The summed E-state index contributed by atoms with van der Waals surface area (Å²) in [7, 11) is 0. The number of esters is 3. The predicted molar refractivity (Wildman–Crippen MR) is 309 cm³/mol. The SMILES string of the molecule is CC(C)(C)OC(=O)COC(=O)[C@H](Cc1cn(C(=O)OC(C)(C)C)c2ccccc12)NC(=O)OCC1c2ccccc2-c2ccccc21.O=C(O)COC(=O)[C@H](Cc1c[nH]c2ccccc12)NC(=O)OCC1c2ccccc2-c2ccccc21. The van der Waals surface area contributed by atoms with E-state index in [1.165, 1.54) is 4.57 Å². The van der Waals surface area contributed by atoms with Gasteiger partial charge in [0.05, 0.1) is 5.52 Å². The minimum atomic E-state index is -1.28. The Bertz CT molecular complexity index is 3640. The quantitative estimate of drug-likeness (QED) is 0.0520. The van der Waals surface area contributed by atoms with Gasteiger partial charge in [0.25, 0.3) is 0 Å². The van der Waals surface area contributed by atoms with Crippen LogP contribution in [0, 0.1) is 0 Å². The van der Waals surface area contributed by atoms with Gasteiger partial charge in [0, 0.05) is 53.4 Å². The molecule has 0 spiro atoms. The van der Waals surface area contributed by atoms with Gasteiger partial charge in [0.1, 0.15) is 36.5 Å². The highest BCUT2D eigenvalue weighted by molar-refractivity contribution is 5.93. The number of alkyl carbamates (subject to hydrolysis) is 2. The number of hydrogen-bond acceptors (Lipinski definition) is 13. The Morgan fingerprint density at radius 2 is 0.940 bits per heavy atom.